The molecule has 0 aliphatic heterocycles. The van der Waals surface area contributed by atoms with Crippen molar-refractivity contribution in [2.75, 3.05) is 0 Å². The Kier molecular flexibility index (Phi) is 1.42. The molecule has 0 amide bonds. The molecule has 0 aromatic rings. The van der Waals surface area contributed by atoms with Crippen LogP contribution in [0.3, 0.4) is 0 Å². The van der Waals surface area contributed by atoms with E-state index in [1.807, 2.05) is 0 Å². The van der Waals surface area contributed by atoms with Gasteiger partial charge in [-0.3, -0.25) is 0 Å². The van der Waals surface area contributed by atoms with Crippen LogP contribution < -0.4 is 0 Å². The Hall–Kier alpha value is -0.260. The summed E-state index contributed by atoms with van der Waals surface area (Å²) >= 11 is 0. The topological polar surface area (TPSA) is 0 Å². The molecule has 2 aliphatic rings. The van der Waals surface area contributed by atoms with E-state index >= 15 is 0 Å². The second kappa shape index (κ2) is 1.86. The van der Waals surface area contributed by atoms with Crippen LogP contribution in [0.25, 0.3) is 0 Å². The molecule has 2 saturated carbocycles. The smallest absolute Gasteiger partial charge is 0.0292 e. The first kappa shape index (κ1) is 6.85. The summed E-state index contributed by atoms with van der Waals surface area (Å²) in [7, 11) is 0. The molecule has 0 nitrogen and oxygen atoms in total. The van der Waals surface area contributed by atoms with Gasteiger partial charge in [0, 0.05) is 0 Å². The van der Waals surface area contributed by atoms with Crippen molar-refractivity contribution in [1.29, 1.82) is 0 Å². The lowest BCUT2D eigenvalue weighted by Crippen LogP contribution is -1.93. The summed E-state index contributed by atoms with van der Waals surface area (Å²) in [5.74, 6) is 2.29. The van der Waals surface area contributed by atoms with Crippen molar-refractivity contribution in [2.45, 2.75) is 26.7 Å². The SMILES string of the molecule is C=C.CC1(C)C2CCC21. The molecule has 52 valence electrons. The van der Waals surface area contributed by atoms with Gasteiger partial charge in [0.1, 0.15) is 0 Å². The van der Waals surface area contributed by atoms with E-state index in [1.54, 1.807) is 0 Å². The van der Waals surface area contributed by atoms with Crippen molar-refractivity contribution in [3.63, 3.8) is 0 Å². The van der Waals surface area contributed by atoms with Crippen LogP contribution in [0.15, 0.2) is 13.2 Å². The highest BCUT2D eigenvalue weighted by Crippen LogP contribution is 2.70. The van der Waals surface area contributed by atoms with Gasteiger partial charge in [-0.15, -0.1) is 13.2 Å². The first-order chi connectivity index (χ1) is 4.23. The Balaban J connectivity index is 0.000000186. The second-order valence-electron chi connectivity index (χ2n) is 3.61. The lowest BCUT2D eigenvalue weighted by Gasteiger charge is -2.04. The first-order valence-electron chi connectivity index (χ1n) is 3.73. The molecule has 0 radical (unpaired) electrons. The van der Waals surface area contributed by atoms with Gasteiger partial charge in [0.05, 0.1) is 0 Å². The Morgan fingerprint density at radius 3 is 1.44 bits per heavy atom. The van der Waals surface area contributed by atoms with Crippen LogP contribution in [0.2, 0.25) is 0 Å². The average molecular weight is 124 g/mol. The molecule has 2 aliphatic carbocycles. The number of hydrogen-bond donors (Lipinski definition) is 0. The number of rotatable bonds is 0. The van der Waals surface area contributed by atoms with Gasteiger partial charge in [-0.05, 0) is 30.1 Å². The van der Waals surface area contributed by atoms with E-state index in [4.69, 9.17) is 0 Å². The highest BCUT2D eigenvalue weighted by Gasteiger charge is 2.62. The van der Waals surface area contributed by atoms with Gasteiger partial charge < -0.3 is 0 Å². The van der Waals surface area contributed by atoms with E-state index in [0.717, 1.165) is 17.3 Å². The van der Waals surface area contributed by atoms with E-state index in [-0.39, 0.29) is 0 Å². The third-order valence-corrected chi connectivity index (χ3v) is 3.08. The van der Waals surface area contributed by atoms with Crippen molar-refractivity contribution in [3.05, 3.63) is 13.2 Å². The van der Waals surface area contributed by atoms with E-state index in [1.165, 1.54) is 12.8 Å². The largest absolute Gasteiger partial charge is 0.106 e. The maximum Gasteiger partial charge on any atom is -0.0292 e. The first-order valence-corrected chi connectivity index (χ1v) is 3.73. The van der Waals surface area contributed by atoms with Crippen molar-refractivity contribution in [3.8, 4) is 0 Å². The molecular weight excluding hydrogens is 108 g/mol. The fourth-order valence-corrected chi connectivity index (χ4v) is 2.10. The highest BCUT2D eigenvalue weighted by molar-refractivity contribution is 5.11. The van der Waals surface area contributed by atoms with Crippen LogP contribution in [0.5, 0.6) is 0 Å². The zero-order chi connectivity index (χ0) is 7.07. The summed E-state index contributed by atoms with van der Waals surface area (Å²) in [5, 5.41) is 0. The predicted molar refractivity (Wildman–Crippen MR) is 41.2 cm³/mol. The van der Waals surface area contributed by atoms with Crippen molar-refractivity contribution >= 4 is 0 Å². The van der Waals surface area contributed by atoms with E-state index < -0.39 is 0 Å². The van der Waals surface area contributed by atoms with E-state index in [9.17, 15) is 0 Å². The summed E-state index contributed by atoms with van der Waals surface area (Å²) < 4.78 is 0. The molecule has 0 N–H and O–H groups in total. The van der Waals surface area contributed by atoms with Crippen molar-refractivity contribution in [1.82, 2.24) is 0 Å². The van der Waals surface area contributed by atoms with Gasteiger partial charge in [-0.1, -0.05) is 13.8 Å². The Labute approximate surface area is 58.0 Å². The van der Waals surface area contributed by atoms with Crippen molar-refractivity contribution < 1.29 is 0 Å². The fraction of sp³-hybridized carbons (Fsp3) is 0.778. The maximum absolute atomic E-state index is 3.00. The summed E-state index contributed by atoms with van der Waals surface area (Å²) in [6, 6.07) is 0. The Bertz CT molecular complexity index is 101. The predicted octanol–water partition coefficient (Wildman–Crippen LogP) is 2.85. The monoisotopic (exact) mass is 124 g/mol. The molecule has 2 fully saturated rings. The van der Waals surface area contributed by atoms with Gasteiger partial charge in [-0.2, -0.15) is 0 Å². The molecule has 0 saturated heterocycles. The summed E-state index contributed by atoms with van der Waals surface area (Å²) in [6.07, 6.45) is 3.05. The summed E-state index contributed by atoms with van der Waals surface area (Å²) in [5.41, 5.74) is 0.778. The normalized spacial score (nSPS) is 41.1. The molecule has 0 aromatic heterocycles. The highest BCUT2D eigenvalue weighted by atomic mass is 14.7. The minimum absolute atomic E-state index is 0.778. The van der Waals surface area contributed by atoms with E-state index in [2.05, 4.69) is 27.0 Å². The zero-order valence-corrected chi connectivity index (χ0v) is 6.48. The second-order valence-corrected chi connectivity index (χ2v) is 3.61. The third-order valence-electron chi connectivity index (χ3n) is 3.08. The Morgan fingerprint density at radius 1 is 1.11 bits per heavy atom. The molecule has 2 atom stereocenters. The van der Waals surface area contributed by atoms with Crippen LogP contribution >= 0.6 is 0 Å². The molecular formula is C9H16. The number of fused-ring (bicyclic) bond motifs is 1. The molecule has 0 heteroatoms. The molecule has 0 bridgehead atoms. The molecule has 2 unspecified atom stereocenters. The standard InChI is InChI=1S/C7H12.C2H4/c1-7(2)5-3-4-6(5)7;1-2/h5-6H,3-4H2,1-2H3;1-2H2. The van der Waals surface area contributed by atoms with Crippen LogP contribution in [0.1, 0.15) is 26.7 Å². The van der Waals surface area contributed by atoms with Gasteiger partial charge in [0.2, 0.25) is 0 Å². The van der Waals surface area contributed by atoms with Gasteiger partial charge in [-0.25, -0.2) is 0 Å². The van der Waals surface area contributed by atoms with Crippen LogP contribution in [0.4, 0.5) is 0 Å². The van der Waals surface area contributed by atoms with Crippen LogP contribution in [0, 0.1) is 17.3 Å². The van der Waals surface area contributed by atoms with Crippen LogP contribution in [-0.2, 0) is 0 Å². The number of hydrogen-bond acceptors (Lipinski definition) is 0. The third kappa shape index (κ3) is 0.726. The Morgan fingerprint density at radius 2 is 1.44 bits per heavy atom. The molecule has 0 spiro atoms. The molecule has 2 rings (SSSR count). The van der Waals surface area contributed by atoms with Gasteiger partial charge in [0.15, 0.2) is 0 Å². The quantitative estimate of drug-likeness (QED) is 0.435. The minimum atomic E-state index is 0.778. The maximum atomic E-state index is 3.00. The molecule has 0 heterocycles. The average Bonchev–Trinajstić information content (AvgIpc) is 2.00. The van der Waals surface area contributed by atoms with Gasteiger partial charge in [0.25, 0.3) is 0 Å². The lowest BCUT2D eigenvalue weighted by molar-refractivity contribution is 0.468. The summed E-state index contributed by atoms with van der Waals surface area (Å²) in [6.45, 7) is 10.8. The zero-order valence-electron chi connectivity index (χ0n) is 6.48. The van der Waals surface area contributed by atoms with Crippen LogP contribution in [-0.4, -0.2) is 0 Å². The molecule has 9 heavy (non-hydrogen) atoms. The minimum Gasteiger partial charge on any atom is -0.106 e. The summed E-state index contributed by atoms with van der Waals surface area (Å²) in [4.78, 5) is 0. The molecule has 0 aromatic carbocycles. The van der Waals surface area contributed by atoms with E-state index in [0.29, 0.717) is 0 Å². The lowest BCUT2D eigenvalue weighted by atomic mass is 10.0. The van der Waals surface area contributed by atoms with Gasteiger partial charge >= 0.3 is 0 Å². The van der Waals surface area contributed by atoms with Crippen molar-refractivity contribution in [2.24, 2.45) is 17.3 Å². The fourth-order valence-electron chi connectivity index (χ4n) is 2.10.